The number of ketones is 1. The predicted molar refractivity (Wildman–Crippen MR) is 56.7 cm³/mol. The zero-order chi connectivity index (χ0) is 11.4. The summed E-state index contributed by atoms with van der Waals surface area (Å²) in [4.78, 5) is 11.7. The van der Waals surface area contributed by atoms with Crippen LogP contribution >= 0.6 is 0 Å². The topological polar surface area (TPSA) is 26.3 Å². The van der Waals surface area contributed by atoms with Crippen LogP contribution < -0.4 is 4.74 Å². The number of hydrogen-bond acceptors (Lipinski definition) is 2. The summed E-state index contributed by atoms with van der Waals surface area (Å²) in [5, 5.41) is 0. The Kier molecular flexibility index (Phi) is 3.61. The van der Waals surface area contributed by atoms with Crippen molar-refractivity contribution in [3.63, 3.8) is 0 Å². The van der Waals surface area contributed by atoms with Crippen LogP contribution in [-0.4, -0.2) is 12.9 Å². The second kappa shape index (κ2) is 4.73. The Morgan fingerprint density at radius 3 is 2.73 bits per heavy atom. The third-order valence-electron chi connectivity index (χ3n) is 1.94. The molecule has 0 aromatic heterocycles. The van der Waals surface area contributed by atoms with Crippen LogP contribution in [0.4, 0.5) is 4.39 Å². The Bertz CT molecular complexity index is 397. The number of carbonyl (C=O) groups is 1. The summed E-state index contributed by atoms with van der Waals surface area (Å²) < 4.78 is 18.3. The normalized spacial score (nSPS) is 9.80. The van der Waals surface area contributed by atoms with Crippen molar-refractivity contribution < 1.29 is 13.9 Å². The highest BCUT2D eigenvalue weighted by Crippen LogP contribution is 2.23. The molecule has 0 bridgehead atoms. The smallest absolute Gasteiger partial charge is 0.173 e. The van der Waals surface area contributed by atoms with Gasteiger partial charge in [0.05, 0.1) is 12.7 Å². The van der Waals surface area contributed by atoms with E-state index in [0.29, 0.717) is 5.57 Å². The first-order chi connectivity index (χ1) is 7.06. The molecule has 15 heavy (non-hydrogen) atoms. The van der Waals surface area contributed by atoms with Crippen molar-refractivity contribution in [1.29, 1.82) is 0 Å². The highest BCUT2D eigenvalue weighted by Gasteiger charge is 2.16. The first-order valence-corrected chi connectivity index (χ1v) is 4.56. The van der Waals surface area contributed by atoms with Crippen molar-refractivity contribution in [1.82, 2.24) is 0 Å². The van der Waals surface area contributed by atoms with E-state index in [9.17, 15) is 9.18 Å². The molecule has 0 radical (unpaired) electrons. The Morgan fingerprint density at radius 2 is 2.20 bits per heavy atom. The first kappa shape index (κ1) is 11.4. The molecule has 0 atom stereocenters. The maximum atomic E-state index is 13.4. The van der Waals surface area contributed by atoms with Crippen molar-refractivity contribution in [2.24, 2.45) is 0 Å². The van der Waals surface area contributed by atoms with E-state index in [4.69, 9.17) is 4.74 Å². The third-order valence-corrected chi connectivity index (χ3v) is 1.94. The average Bonchev–Trinajstić information content (AvgIpc) is 2.15. The van der Waals surface area contributed by atoms with Crippen LogP contribution in [0.2, 0.25) is 0 Å². The molecule has 0 saturated carbocycles. The monoisotopic (exact) mass is 208 g/mol. The van der Waals surface area contributed by atoms with Crippen molar-refractivity contribution in [3.8, 4) is 5.75 Å². The number of halogens is 1. The van der Waals surface area contributed by atoms with Gasteiger partial charge in [0.1, 0.15) is 11.6 Å². The Morgan fingerprint density at radius 1 is 1.53 bits per heavy atom. The molecule has 0 amide bonds. The molecule has 0 N–H and O–H groups in total. The quantitative estimate of drug-likeness (QED) is 0.561. The van der Waals surface area contributed by atoms with Gasteiger partial charge in [-0.2, -0.15) is 0 Å². The number of Topliss-reactive ketones (excluding diaryl/α,β-unsaturated/α-hetero) is 1. The molecular weight excluding hydrogens is 195 g/mol. The number of carbonyl (C=O) groups excluding carboxylic acids is 1. The van der Waals surface area contributed by atoms with Crippen molar-refractivity contribution >= 4 is 5.78 Å². The van der Waals surface area contributed by atoms with Crippen LogP contribution in [-0.2, 0) is 0 Å². The summed E-state index contributed by atoms with van der Waals surface area (Å²) in [7, 11) is 1.41. The number of allylic oxidation sites excluding steroid dienone is 1. The lowest BCUT2D eigenvalue weighted by Gasteiger charge is -2.08. The van der Waals surface area contributed by atoms with Crippen LogP contribution in [0, 0.1) is 5.82 Å². The summed E-state index contributed by atoms with van der Waals surface area (Å²) >= 11 is 0. The molecule has 0 unspecified atom stereocenters. The fraction of sp³-hybridized carbons (Fsp3) is 0.250. The number of benzene rings is 1. The van der Waals surface area contributed by atoms with E-state index in [0.717, 1.165) is 0 Å². The van der Waals surface area contributed by atoms with E-state index in [1.54, 1.807) is 13.0 Å². The van der Waals surface area contributed by atoms with Gasteiger partial charge in [-0.15, -0.1) is 0 Å². The second-order valence-electron chi connectivity index (χ2n) is 3.37. The van der Waals surface area contributed by atoms with Crippen molar-refractivity contribution in [3.05, 3.63) is 41.7 Å². The lowest BCUT2D eigenvalue weighted by molar-refractivity contribution is 0.0986. The van der Waals surface area contributed by atoms with Crippen LogP contribution in [0.5, 0.6) is 5.75 Å². The minimum atomic E-state index is -0.555. The Balaban J connectivity index is 3.11. The van der Waals surface area contributed by atoms with Gasteiger partial charge in [-0.05, 0) is 19.1 Å². The maximum Gasteiger partial charge on any atom is 0.173 e. The molecule has 1 aromatic carbocycles. The highest BCUT2D eigenvalue weighted by atomic mass is 19.1. The molecule has 0 spiro atoms. The predicted octanol–water partition coefficient (Wildman–Crippen LogP) is 2.98. The molecule has 0 aliphatic heterocycles. The Hall–Kier alpha value is -1.64. The third kappa shape index (κ3) is 2.65. The summed E-state index contributed by atoms with van der Waals surface area (Å²) in [5.74, 6) is -0.598. The van der Waals surface area contributed by atoms with Gasteiger partial charge >= 0.3 is 0 Å². The minimum Gasteiger partial charge on any atom is -0.496 e. The second-order valence-corrected chi connectivity index (χ2v) is 3.37. The standard InChI is InChI=1S/C12H13FO2/c1-8(2)7-10(14)12-9(13)5-4-6-11(12)15-3/h4-6H,1,7H2,2-3H3. The Labute approximate surface area is 88.4 Å². The number of hydrogen-bond donors (Lipinski definition) is 0. The van der Waals surface area contributed by atoms with Crippen LogP contribution in [0.15, 0.2) is 30.4 Å². The average molecular weight is 208 g/mol. The van der Waals surface area contributed by atoms with Gasteiger partial charge in [-0.3, -0.25) is 4.79 Å². The van der Waals surface area contributed by atoms with Gasteiger partial charge in [0.15, 0.2) is 5.78 Å². The summed E-state index contributed by atoms with van der Waals surface area (Å²) in [5.41, 5.74) is 0.702. The van der Waals surface area contributed by atoms with Gasteiger partial charge < -0.3 is 4.74 Å². The molecule has 1 aromatic rings. The first-order valence-electron chi connectivity index (χ1n) is 4.56. The summed E-state index contributed by atoms with van der Waals surface area (Å²) in [6.45, 7) is 5.35. The van der Waals surface area contributed by atoms with Gasteiger partial charge in [-0.25, -0.2) is 4.39 Å². The van der Waals surface area contributed by atoms with E-state index in [-0.39, 0.29) is 23.5 Å². The molecule has 2 nitrogen and oxygen atoms in total. The lowest BCUT2D eigenvalue weighted by Crippen LogP contribution is -2.05. The zero-order valence-electron chi connectivity index (χ0n) is 8.84. The van der Waals surface area contributed by atoms with Crippen LogP contribution in [0.3, 0.4) is 0 Å². The maximum absolute atomic E-state index is 13.4. The summed E-state index contributed by atoms with van der Waals surface area (Å²) in [6, 6.07) is 4.31. The zero-order valence-corrected chi connectivity index (χ0v) is 8.84. The summed E-state index contributed by atoms with van der Waals surface area (Å²) in [6.07, 6.45) is 0.136. The van der Waals surface area contributed by atoms with E-state index >= 15 is 0 Å². The molecule has 1 rings (SSSR count). The van der Waals surface area contributed by atoms with Gasteiger partial charge in [0.2, 0.25) is 0 Å². The molecule has 0 fully saturated rings. The van der Waals surface area contributed by atoms with Crippen molar-refractivity contribution in [2.75, 3.05) is 7.11 Å². The van der Waals surface area contributed by atoms with E-state index < -0.39 is 5.82 Å². The molecular formula is C12H13FO2. The van der Waals surface area contributed by atoms with Crippen LogP contribution in [0.25, 0.3) is 0 Å². The SMILES string of the molecule is C=C(C)CC(=O)c1c(F)cccc1OC. The van der Waals surface area contributed by atoms with Gasteiger partial charge in [-0.1, -0.05) is 18.2 Å². The fourth-order valence-corrected chi connectivity index (χ4v) is 1.31. The highest BCUT2D eigenvalue weighted by molar-refractivity contribution is 6.00. The van der Waals surface area contributed by atoms with Gasteiger partial charge in [0, 0.05) is 6.42 Å². The molecule has 0 aliphatic carbocycles. The molecule has 0 heterocycles. The largest absolute Gasteiger partial charge is 0.496 e. The van der Waals surface area contributed by atoms with Crippen molar-refractivity contribution in [2.45, 2.75) is 13.3 Å². The number of methoxy groups -OCH3 is 1. The van der Waals surface area contributed by atoms with Crippen LogP contribution in [0.1, 0.15) is 23.7 Å². The van der Waals surface area contributed by atoms with E-state index in [1.807, 2.05) is 0 Å². The number of rotatable bonds is 4. The molecule has 0 aliphatic rings. The molecule has 0 saturated heterocycles. The van der Waals surface area contributed by atoms with Gasteiger partial charge in [0.25, 0.3) is 0 Å². The van der Waals surface area contributed by atoms with E-state index in [1.165, 1.54) is 19.2 Å². The molecule has 80 valence electrons. The lowest BCUT2D eigenvalue weighted by atomic mass is 10.0. The van der Waals surface area contributed by atoms with E-state index in [2.05, 4.69) is 6.58 Å². The minimum absolute atomic E-state index is 0.00278. The number of ether oxygens (including phenoxy) is 1. The molecule has 3 heteroatoms. The fourth-order valence-electron chi connectivity index (χ4n) is 1.31.